The number of phenols is 1. The van der Waals surface area contributed by atoms with Crippen molar-refractivity contribution in [2.24, 2.45) is 0 Å². The molecular formula is C9H12Br2ClNO. The molecule has 0 saturated heterocycles. The van der Waals surface area contributed by atoms with Crippen LogP contribution in [0.3, 0.4) is 0 Å². The zero-order valence-corrected chi connectivity index (χ0v) is 11.9. The number of benzene rings is 1. The van der Waals surface area contributed by atoms with Crippen LogP contribution in [-0.2, 0) is 6.54 Å². The second-order valence-electron chi connectivity index (χ2n) is 3.13. The van der Waals surface area contributed by atoms with E-state index in [4.69, 9.17) is 0 Å². The Bertz CT molecular complexity index is 318. The summed E-state index contributed by atoms with van der Waals surface area (Å²) < 4.78 is 1.69. The molecule has 0 atom stereocenters. The summed E-state index contributed by atoms with van der Waals surface area (Å²) in [6, 6.07) is 3.74. The lowest BCUT2D eigenvalue weighted by Gasteiger charge is -2.12. The highest BCUT2D eigenvalue weighted by Gasteiger charge is 2.07. The molecule has 5 heteroatoms. The van der Waals surface area contributed by atoms with Crippen LogP contribution >= 0.6 is 44.3 Å². The van der Waals surface area contributed by atoms with E-state index in [9.17, 15) is 5.11 Å². The average molecular weight is 345 g/mol. The van der Waals surface area contributed by atoms with Gasteiger partial charge in [-0.05, 0) is 42.2 Å². The standard InChI is InChI=1S/C9H11Br2NO.ClH/c1-12(2)5-6-3-7(10)4-8(11)9(6)13;/h3-4,13H,5H2,1-2H3;1H. The van der Waals surface area contributed by atoms with Crippen molar-refractivity contribution in [3.8, 4) is 5.75 Å². The van der Waals surface area contributed by atoms with E-state index in [1.807, 2.05) is 31.1 Å². The SMILES string of the molecule is CN(C)Cc1cc(Br)cc(Br)c1O.Cl. The van der Waals surface area contributed by atoms with Crippen molar-refractivity contribution in [2.75, 3.05) is 14.1 Å². The topological polar surface area (TPSA) is 23.5 Å². The van der Waals surface area contributed by atoms with Gasteiger partial charge in [0.15, 0.2) is 0 Å². The van der Waals surface area contributed by atoms with Gasteiger partial charge in [-0.2, -0.15) is 0 Å². The Labute approximate surface area is 107 Å². The molecule has 80 valence electrons. The number of aromatic hydroxyl groups is 1. The first-order valence-corrected chi connectivity index (χ1v) is 5.41. The fourth-order valence-electron chi connectivity index (χ4n) is 1.08. The van der Waals surface area contributed by atoms with E-state index in [-0.39, 0.29) is 12.4 Å². The quantitative estimate of drug-likeness (QED) is 0.888. The van der Waals surface area contributed by atoms with Crippen LogP contribution < -0.4 is 0 Å². The van der Waals surface area contributed by atoms with E-state index in [1.165, 1.54) is 0 Å². The molecule has 0 spiro atoms. The van der Waals surface area contributed by atoms with Gasteiger partial charge in [0.1, 0.15) is 5.75 Å². The lowest BCUT2D eigenvalue weighted by molar-refractivity contribution is 0.385. The van der Waals surface area contributed by atoms with Crippen molar-refractivity contribution in [1.82, 2.24) is 4.90 Å². The fourth-order valence-corrected chi connectivity index (χ4v) is 2.39. The van der Waals surface area contributed by atoms with E-state index >= 15 is 0 Å². The van der Waals surface area contributed by atoms with E-state index < -0.39 is 0 Å². The van der Waals surface area contributed by atoms with Crippen molar-refractivity contribution in [1.29, 1.82) is 0 Å². The lowest BCUT2D eigenvalue weighted by atomic mass is 10.2. The van der Waals surface area contributed by atoms with Crippen LogP contribution in [0.1, 0.15) is 5.56 Å². The van der Waals surface area contributed by atoms with Gasteiger partial charge in [-0.1, -0.05) is 15.9 Å². The van der Waals surface area contributed by atoms with Gasteiger partial charge in [-0.25, -0.2) is 0 Å². The molecule has 2 nitrogen and oxygen atoms in total. The van der Waals surface area contributed by atoms with Crippen LogP contribution in [0.25, 0.3) is 0 Å². The number of hydrogen-bond acceptors (Lipinski definition) is 2. The molecule has 14 heavy (non-hydrogen) atoms. The summed E-state index contributed by atoms with van der Waals surface area (Å²) in [4.78, 5) is 2.01. The van der Waals surface area contributed by atoms with Gasteiger partial charge in [-0.3, -0.25) is 0 Å². The molecule has 1 rings (SSSR count). The second-order valence-corrected chi connectivity index (χ2v) is 4.90. The van der Waals surface area contributed by atoms with E-state index in [0.717, 1.165) is 21.1 Å². The third-order valence-corrected chi connectivity index (χ3v) is 2.66. The highest BCUT2D eigenvalue weighted by atomic mass is 79.9. The summed E-state index contributed by atoms with van der Waals surface area (Å²) in [5.41, 5.74) is 0.909. The fraction of sp³-hybridized carbons (Fsp3) is 0.333. The second kappa shape index (κ2) is 5.95. The van der Waals surface area contributed by atoms with Crippen LogP contribution in [0.5, 0.6) is 5.75 Å². The molecular weight excluding hydrogens is 333 g/mol. The maximum atomic E-state index is 9.68. The van der Waals surface area contributed by atoms with E-state index in [1.54, 1.807) is 0 Å². The van der Waals surface area contributed by atoms with Gasteiger partial charge in [0.25, 0.3) is 0 Å². The van der Waals surface area contributed by atoms with Crippen LogP contribution in [-0.4, -0.2) is 24.1 Å². The van der Waals surface area contributed by atoms with Crippen molar-refractivity contribution < 1.29 is 5.11 Å². The normalized spacial score (nSPS) is 10.1. The van der Waals surface area contributed by atoms with Crippen LogP contribution in [0.4, 0.5) is 0 Å². The first-order chi connectivity index (χ1) is 6.00. The van der Waals surface area contributed by atoms with Gasteiger partial charge in [0.05, 0.1) is 4.47 Å². The minimum Gasteiger partial charge on any atom is -0.506 e. The zero-order chi connectivity index (χ0) is 10.0. The first kappa shape index (κ1) is 14.2. The molecule has 0 heterocycles. The van der Waals surface area contributed by atoms with E-state index in [0.29, 0.717) is 5.75 Å². The largest absolute Gasteiger partial charge is 0.506 e. The van der Waals surface area contributed by atoms with Crippen molar-refractivity contribution in [2.45, 2.75) is 6.54 Å². The first-order valence-electron chi connectivity index (χ1n) is 3.82. The summed E-state index contributed by atoms with van der Waals surface area (Å²) in [6.45, 7) is 0.726. The molecule has 0 fully saturated rings. The molecule has 0 aliphatic rings. The summed E-state index contributed by atoms with van der Waals surface area (Å²) in [5.74, 6) is 0.317. The Morgan fingerprint density at radius 2 is 1.86 bits per heavy atom. The number of nitrogens with zero attached hydrogens (tertiary/aromatic N) is 1. The van der Waals surface area contributed by atoms with Gasteiger partial charge >= 0.3 is 0 Å². The number of phenolic OH excluding ortho intramolecular Hbond substituents is 1. The van der Waals surface area contributed by atoms with Gasteiger partial charge in [0, 0.05) is 16.6 Å². The van der Waals surface area contributed by atoms with Crippen molar-refractivity contribution >= 4 is 44.3 Å². The third kappa shape index (κ3) is 3.77. The molecule has 0 bridgehead atoms. The average Bonchev–Trinajstić information content (AvgIpc) is 1.98. The molecule has 0 aromatic heterocycles. The van der Waals surface area contributed by atoms with Crippen LogP contribution in [0.15, 0.2) is 21.1 Å². The maximum Gasteiger partial charge on any atom is 0.134 e. The van der Waals surface area contributed by atoms with E-state index in [2.05, 4.69) is 31.9 Å². The highest BCUT2D eigenvalue weighted by molar-refractivity contribution is 9.11. The van der Waals surface area contributed by atoms with Gasteiger partial charge < -0.3 is 10.0 Å². The van der Waals surface area contributed by atoms with Crippen molar-refractivity contribution in [3.05, 3.63) is 26.6 Å². The Hall–Kier alpha value is 0.230. The predicted molar refractivity (Wildman–Crippen MR) is 68.1 cm³/mol. The Balaban J connectivity index is 0.00000169. The van der Waals surface area contributed by atoms with Crippen LogP contribution in [0, 0.1) is 0 Å². The van der Waals surface area contributed by atoms with Crippen LogP contribution in [0.2, 0.25) is 0 Å². The summed E-state index contributed by atoms with van der Waals surface area (Å²) >= 11 is 6.67. The molecule has 1 aromatic carbocycles. The summed E-state index contributed by atoms with van der Waals surface area (Å²) in [7, 11) is 3.93. The maximum absolute atomic E-state index is 9.68. The Morgan fingerprint density at radius 1 is 1.29 bits per heavy atom. The molecule has 0 amide bonds. The van der Waals surface area contributed by atoms with Gasteiger partial charge in [-0.15, -0.1) is 12.4 Å². The molecule has 1 aromatic rings. The zero-order valence-electron chi connectivity index (χ0n) is 7.92. The smallest absolute Gasteiger partial charge is 0.134 e. The highest BCUT2D eigenvalue weighted by Crippen LogP contribution is 2.31. The minimum atomic E-state index is 0. The molecule has 1 N–H and O–H groups in total. The Kier molecular flexibility index (Phi) is 6.05. The minimum absolute atomic E-state index is 0. The summed E-state index contributed by atoms with van der Waals surface area (Å²) in [5, 5.41) is 9.68. The molecule has 0 radical (unpaired) electrons. The van der Waals surface area contributed by atoms with Gasteiger partial charge in [0.2, 0.25) is 0 Å². The van der Waals surface area contributed by atoms with Crippen molar-refractivity contribution in [3.63, 3.8) is 0 Å². The molecule has 0 aliphatic carbocycles. The molecule has 0 saturated carbocycles. The Morgan fingerprint density at radius 3 is 2.36 bits per heavy atom. The number of hydrogen-bond donors (Lipinski definition) is 1. The lowest BCUT2D eigenvalue weighted by Crippen LogP contribution is -2.10. The number of halogens is 3. The molecule has 0 aliphatic heterocycles. The number of rotatable bonds is 2. The third-order valence-electron chi connectivity index (χ3n) is 1.59. The molecule has 0 unspecified atom stereocenters. The predicted octanol–water partition coefficient (Wildman–Crippen LogP) is 3.40. The monoisotopic (exact) mass is 343 g/mol. The summed E-state index contributed by atoms with van der Waals surface area (Å²) in [6.07, 6.45) is 0.